The molecule has 0 bridgehead atoms. The third-order valence-electron chi connectivity index (χ3n) is 3.46. The Morgan fingerprint density at radius 2 is 1.90 bits per heavy atom. The minimum Gasteiger partial charge on any atom is -0.454 e. The number of hydrogen-bond acceptors (Lipinski definition) is 3. The Labute approximate surface area is 124 Å². The first-order chi connectivity index (χ1) is 9.99. The fourth-order valence-electron chi connectivity index (χ4n) is 2.21. The van der Waals surface area contributed by atoms with Crippen molar-refractivity contribution in [1.29, 1.82) is 0 Å². The van der Waals surface area contributed by atoms with E-state index in [9.17, 15) is 9.59 Å². The molecule has 2 aromatic rings. The summed E-state index contributed by atoms with van der Waals surface area (Å²) in [5.41, 5.74) is 1.47. The Bertz CT molecular complexity index is 642. The molecule has 1 atom stereocenters. The van der Waals surface area contributed by atoms with Crippen LogP contribution in [0.3, 0.4) is 0 Å². The molecule has 0 spiro atoms. The van der Waals surface area contributed by atoms with E-state index in [4.69, 9.17) is 4.74 Å². The Hall–Kier alpha value is -2.10. The molecular formula is C17H21NO3. The number of hydrogen-bond donors (Lipinski definition) is 1. The highest BCUT2D eigenvalue weighted by atomic mass is 16.5. The number of para-hydroxylation sites is 1. The van der Waals surface area contributed by atoms with Gasteiger partial charge in [-0.05, 0) is 25.3 Å². The molecule has 0 aliphatic carbocycles. The number of esters is 1. The minimum absolute atomic E-state index is 0.176. The number of ketones is 1. The van der Waals surface area contributed by atoms with Crippen molar-refractivity contribution in [2.24, 2.45) is 5.92 Å². The predicted molar refractivity (Wildman–Crippen MR) is 82.3 cm³/mol. The van der Waals surface area contributed by atoms with E-state index >= 15 is 0 Å². The van der Waals surface area contributed by atoms with Crippen LogP contribution in [0, 0.1) is 5.92 Å². The quantitative estimate of drug-likeness (QED) is 0.650. The van der Waals surface area contributed by atoms with Gasteiger partial charge in [0.1, 0.15) is 0 Å². The van der Waals surface area contributed by atoms with E-state index in [1.165, 1.54) is 0 Å². The molecule has 0 saturated heterocycles. The number of fused-ring (bicyclic) bond motifs is 1. The third-order valence-corrected chi connectivity index (χ3v) is 3.46. The summed E-state index contributed by atoms with van der Waals surface area (Å²) < 4.78 is 5.23. The van der Waals surface area contributed by atoms with E-state index in [1.807, 2.05) is 38.1 Å². The second-order valence-corrected chi connectivity index (χ2v) is 5.68. The van der Waals surface area contributed by atoms with Crippen LogP contribution in [0.5, 0.6) is 0 Å². The first-order valence-electron chi connectivity index (χ1n) is 7.29. The lowest BCUT2D eigenvalue weighted by Gasteiger charge is -2.12. The molecule has 0 aliphatic rings. The van der Waals surface area contributed by atoms with Gasteiger partial charge in [0.15, 0.2) is 6.10 Å². The first-order valence-corrected chi connectivity index (χ1v) is 7.29. The average molecular weight is 287 g/mol. The van der Waals surface area contributed by atoms with E-state index in [-0.39, 0.29) is 11.8 Å². The molecule has 21 heavy (non-hydrogen) atoms. The van der Waals surface area contributed by atoms with E-state index < -0.39 is 6.10 Å². The molecule has 1 unspecified atom stereocenters. The number of carbonyl (C=O) groups is 2. The molecule has 2 rings (SSSR count). The maximum Gasteiger partial charge on any atom is 0.306 e. The maximum absolute atomic E-state index is 12.4. The third kappa shape index (κ3) is 3.72. The van der Waals surface area contributed by atoms with Gasteiger partial charge in [0.05, 0.1) is 0 Å². The van der Waals surface area contributed by atoms with Crippen molar-refractivity contribution in [2.45, 2.75) is 39.7 Å². The van der Waals surface area contributed by atoms with Gasteiger partial charge in [0, 0.05) is 29.1 Å². The van der Waals surface area contributed by atoms with Crippen LogP contribution in [0.2, 0.25) is 0 Å². The van der Waals surface area contributed by atoms with E-state index in [1.54, 1.807) is 13.1 Å². The summed E-state index contributed by atoms with van der Waals surface area (Å²) in [6, 6.07) is 7.58. The van der Waals surface area contributed by atoms with Crippen LogP contribution in [0.4, 0.5) is 0 Å². The summed E-state index contributed by atoms with van der Waals surface area (Å²) in [4.78, 5) is 27.2. The molecule has 0 saturated carbocycles. The molecule has 4 nitrogen and oxygen atoms in total. The van der Waals surface area contributed by atoms with Crippen LogP contribution in [0.15, 0.2) is 30.5 Å². The predicted octanol–water partition coefficient (Wildman–Crippen LogP) is 3.72. The van der Waals surface area contributed by atoms with Crippen molar-refractivity contribution in [3.05, 3.63) is 36.0 Å². The number of ether oxygens (including phenoxy) is 1. The van der Waals surface area contributed by atoms with Crippen LogP contribution in [-0.4, -0.2) is 22.8 Å². The molecule has 112 valence electrons. The highest BCUT2D eigenvalue weighted by Gasteiger charge is 2.22. The highest BCUT2D eigenvalue weighted by molar-refractivity contribution is 6.10. The van der Waals surface area contributed by atoms with E-state index in [0.717, 1.165) is 17.3 Å². The van der Waals surface area contributed by atoms with Gasteiger partial charge in [-0.15, -0.1) is 0 Å². The zero-order valence-electron chi connectivity index (χ0n) is 12.7. The minimum atomic E-state index is -0.760. The summed E-state index contributed by atoms with van der Waals surface area (Å²) in [7, 11) is 0. The second kappa shape index (κ2) is 6.57. The van der Waals surface area contributed by atoms with Gasteiger partial charge in [-0.25, -0.2) is 0 Å². The molecule has 0 fully saturated rings. The summed E-state index contributed by atoms with van der Waals surface area (Å²) in [6.45, 7) is 5.72. The lowest BCUT2D eigenvalue weighted by Crippen LogP contribution is -2.24. The Balaban J connectivity index is 2.04. The largest absolute Gasteiger partial charge is 0.454 e. The summed E-state index contributed by atoms with van der Waals surface area (Å²) in [6.07, 6.45) is 2.03. The Kier molecular flexibility index (Phi) is 4.78. The molecule has 4 heteroatoms. The number of Topliss-reactive ketones (excluding diaryl/α,β-unsaturated/α-hetero) is 1. The van der Waals surface area contributed by atoms with Gasteiger partial charge in [0.25, 0.3) is 0 Å². The number of nitrogens with one attached hydrogen (secondary N) is 1. The van der Waals surface area contributed by atoms with Crippen LogP contribution >= 0.6 is 0 Å². The SMILES string of the molecule is CC(C)CCC(=O)OC(C)C(=O)c1c[nH]c2ccccc12. The van der Waals surface area contributed by atoms with E-state index in [2.05, 4.69) is 4.98 Å². The second-order valence-electron chi connectivity index (χ2n) is 5.68. The van der Waals surface area contributed by atoms with Crippen molar-refractivity contribution < 1.29 is 14.3 Å². The molecule has 1 N–H and O–H groups in total. The number of aromatic amines is 1. The number of aromatic nitrogens is 1. The average Bonchev–Trinajstić information content (AvgIpc) is 2.88. The number of benzene rings is 1. The van der Waals surface area contributed by atoms with Gasteiger partial charge < -0.3 is 9.72 Å². The van der Waals surface area contributed by atoms with Crippen LogP contribution in [-0.2, 0) is 9.53 Å². The van der Waals surface area contributed by atoms with Crippen LogP contribution in [0.1, 0.15) is 44.0 Å². The zero-order chi connectivity index (χ0) is 15.4. The fraction of sp³-hybridized carbons (Fsp3) is 0.412. The molecule has 0 aliphatic heterocycles. The maximum atomic E-state index is 12.4. The smallest absolute Gasteiger partial charge is 0.306 e. The number of carbonyl (C=O) groups excluding carboxylic acids is 2. The van der Waals surface area contributed by atoms with Crippen LogP contribution < -0.4 is 0 Å². The van der Waals surface area contributed by atoms with Gasteiger partial charge in [0.2, 0.25) is 5.78 Å². The van der Waals surface area contributed by atoms with Crippen molar-refractivity contribution in [2.75, 3.05) is 0 Å². The summed E-state index contributed by atoms with van der Waals surface area (Å²) in [5.74, 6) is -0.0492. The van der Waals surface area contributed by atoms with Gasteiger partial charge in [-0.1, -0.05) is 32.0 Å². The molecular weight excluding hydrogens is 266 g/mol. The van der Waals surface area contributed by atoms with Gasteiger partial charge >= 0.3 is 5.97 Å². The van der Waals surface area contributed by atoms with Crippen molar-refractivity contribution in [3.8, 4) is 0 Å². The number of rotatable bonds is 6. The molecule has 1 aromatic carbocycles. The van der Waals surface area contributed by atoms with Gasteiger partial charge in [-0.2, -0.15) is 0 Å². The normalized spacial score (nSPS) is 12.6. The molecule has 1 heterocycles. The van der Waals surface area contributed by atoms with Crippen molar-refractivity contribution in [3.63, 3.8) is 0 Å². The first kappa shape index (κ1) is 15.3. The van der Waals surface area contributed by atoms with Crippen molar-refractivity contribution in [1.82, 2.24) is 4.98 Å². The highest BCUT2D eigenvalue weighted by Crippen LogP contribution is 2.20. The molecule has 0 amide bonds. The Morgan fingerprint density at radius 3 is 2.62 bits per heavy atom. The Morgan fingerprint density at radius 1 is 1.19 bits per heavy atom. The fourth-order valence-corrected chi connectivity index (χ4v) is 2.21. The number of H-pyrrole nitrogens is 1. The zero-order valence-corrected chi connectivity index (χ0v) is 12.7. The van der Waals surface area contributed by atoms with E-state index in [0.29, 0.717) is 17.9 Å². The van der Waals surface area contributed by atoms with Crippen molar-refractivity contribution >= 4 is 22.7 Å². The molecule has 0 radical (unpaired) electrons. The lowest BCUT2D eigenvalue weighted by molar-refractivity contribution is -0.146. The summed E-state index contributed by atoms with van der Waals surface area (Å²) >= 11 is 0. The van der Waals surface area contributed by atoms with Gasteiger partial charge in [-0.3, -0.25) is 9.59 Å². The van der Waals surface area contributed by atoms with Crippen LogP contribution in [0.25, 0.3) is 10.9 Å². The standard InChI is InChI=1S/C17H21NO3/c1-11(2)8-9-16(19)21-12(3)17(20)14-10-18-15-7-5-4-6-13(14)15/h4-7,10-12,18H,8-9H2,1-3H3. The summed E-state index contributed by atoms with van der Waals surface area (Å²) in [5, 5.41) is 0.854. The monoisotopic (exact) mass is 287 g/mol. The topological polar surface area (TPSA) is 59.2 Å². The lowest BCUT2D eigenvalue weighted by atomic mass is 10.1. The molecule has 1 aromatic heterocycles.